The molecule has 0 N–H and O–H groups in total. The molecule has 100 valence electrons. The van der Waals surface area contributed by atoms with Gasteiger partial charge in [0.1, 0.15) is 5.56 Å². The van der Waals surface area contributed by atoms with E-state index >= 15 is 0 Å². The molecule has 2 heterocycles. The lowest BCUT2D eigenvalue weighted by Gasteiger charge is -2.11. The van der Waals surface area contributed by atoms with Crippen molar-refractivity contribution in [3.63, 3.8) is 0 Å². The molecule has 1 aromatic heterocycles. The van der Waals surface area contributed by atoms with Crippen molar-refractivity contribution in [3.8, 4) is 0 Å². The molecular weight excluding hydrogens is 236 g/mol. The summed E-state index contributed by atoms with van der Waals surface area (Å²) in [6.07, 6.45) is 2.52. The van der Waals surface area contributed by atoms with Crippen molar-refractivity contribution in [2.45, 2.75) is 26.1 Å². The van der Waals surface area contributed by atoms with Gasteiger partial charge in [-0.05, 0) is 13.3 Å². The Kier molecular flexibility index (Phi) is 4.33. The van der Waals surface area contributed by atoms with Gasteiger partial charge < -0.3 is 14.2 Å². The van der Waals surface area contributed by atoms with Gasteiger partial charge in [0.25, 0.3) is 0 Å². The molecule has 0 spiro atoms. The number of esters is 1. The van der Waals surface area contributed by atoms with Gasteiger partial charge in [0.05, 0.1) is 37.8 Å². The standard InChI is InChI=1S/C12H18N2O4/c1-3-17-12(15)10-6-13-14(2)11(10)8-18-9-4-5-16-7-9/h6,9H,3-5,7-8H2,1-2H3. The quantitative estimate of drug-likeness (QED) is 0.731. The highest BCUT2D eigenvalue weighted by atomic mass is 16.5. The first-order valence-electron chi connectivity index (χ1n) is 6.09. The summed E-state index contributed by atoms with van der Waals surface area (Å²) in [5.41, 5.74) is 1.21. The molecule has 1 aliphatic heterocycles. The number of aryl methyl sites for hydroxylation is 1. The van der Waals surface area contributed by atoms with Gasteiger partial charge in [0, 0.05) is 13.7 Å². The van der Waals surface area contributed by atoms with Gasteiger partial charge in [0.15, 0.2) is 0 Å². The van der Waals surface area contributed by atoms with E-state index in [1.54, 1.807) is 18.7 Å². The molecule has 1 unspecified atom stereocenters. The van der Waals surface area contributed by atoms with Crippen molar-refractivity contribution >= 4 is 5.97 Å². The van der Waals surface area contributed by atoms with E-state index in [0.717, 1.165) is 18.7 Å². The van der Waals surface area contributed by atoms with Gasteiger partial charge in [-0.1, -0.05) is 0 Å². The van der Waals surface area contributed by atoms with Crippen molar-refractivity contribution in [2.75, 3.05) is 19.8 Å². The minimum atomic E-state index is -0.355. The first kappa shape index (κ1) is 13.0. The molecule has 1 atom stereocenters. The molecule has 1 saturated heterocycles. The summed E-state index contributed by atoms with van der Waals surface area (Å²) in [5.74, 6) is -0.355. The van der Waals surface area contributed by atoms with Crippen LogP contribution in [-0.4, -0.2) is 41.7 Å². The summed E-state index contributed by atoms with van der Waals surface area (Å²) in [7, 11) is 1.78. The van der Waals surface area contributed by atoms with Gasteiger partial charge in [-0.15, -0.1) is 0 Å². The van der Waals surface area contributed by atoms with Crippen LogP contribution in [0.15, 0.2) is 6.20 Å². The van der Waals surface area contributed by atoms with Gasteiger partial charge in [-0.2, -0.15) is 5.10 Å². The highest BCUT2D eigenvalue weighted by Crippen LogP contribution is 2.15. The molecule has 0 radical (unpaired) electrons. The van der Waals surface area contributed by atoms with E-state index in [2.05, 4.69) is 5.10 Å². The second-order valence-corrected chi connectivity index (χ2v) is 4.15. The average Bonchev–Trinajstić information content (AvgIpc) is 2.96. The SMILES string of the molecule is CCOC(=O)c1cnn(C)c1COC1CCOC1. The lowest BCUT2D eigenvalue weighted by Crippen LogP contribution is -2.16. The van der Waals surface area contributed by atoms with Crippen LogP contribution in [0.2, 0.25) is 0 Å². The maximum Gasteiger partial charge on any atom is 0.341 e. The molecule has 0 amide bonds. The number of nitrogens with zero attached hydrogens (tertiary/aromatic N) is 2. The third-order valence-electron chi connectivity index (χ3n) is 2.90. The number of ether oxygens (including phenoxy) is 3. The fraction of sp³-hybridized carbons (Fsp3) is 0.667. The molecule has 0 bridgehead atoms. The topological polar surface area (TPSA) is 62.6 Å². The molecular formula is C12H18N2O4. The lowest BCUT2D eigenvalue weighted by atomic mass is 10.2. The number of carbonyl (C=O) groups is 1. The Hall–Kier alpha value is -1.40. The minimum Gasteiger partial charge on any atom is -0.462 e. The minimum absolute atomic E-state index is 0.106. The Labute approximate surface area is 106 Å². The van der Waals surface area contributed by atoms with E-state index in [1.807, 2.05) is 0 Å². The number of hydrogen-bond acceptors (Lipinski definition) is 5. The van der Waals surface area contributed by atoms with Gasteiger partial charge in [-0.25, -0.2) is 4.79 Å². The van der Waals surface area contributed by atoms with Gasteiger partial charge in [-0.3, -0.25) is 4.68 Å². The zero-order chi connectivity index (χ0) is 13.0. The number of carbonyl (C=O) groups excluding carboxylic acids is 1. The number of rotatable bonds is 5. The van der Waals surface area contributed by atoms with Crippen LogP contribution in [0.25, 0.3) is 0 Å². The van der Waals surface area contributed by atoms with E-state index in [-0.39, 0.29) is 12.1 Å². The van der Waals surface area contributed by atoms with Crippen LogP contribution in [0, 0.1) is 0 Å². The van der Waals surface area contributed by atoms with Crippen LogP contribution in [0.3, 0.4) is 0 Å². The predicted octanol–water partition coefficient (Wildman–Crippen LogP) is 0.902. The first-order valence-corrected chi connectivity index (χ1v) is 6.09. The largest absolute Gasteiger partial charge is 0.462 e. The Morgan fingerprint density at radius 1 is 1.67 bits per heavy atom. The van der Waals surface area contributed by atoms with Crippen LogP contribution >= 0.6 is 0 Å². The molecule has 2 rings (SSSR count). The van der Waals surface area contributed by atoms with Crippen LogP contribution in [0.4, 0.5) is 0 Å². The highest BCUT2D eigenvalue weighted by molar-refractivity contribution is 5.90. The van der Waals surface area contributed by atoms with E-state index < -0.39 is 0 Å². The Bertz CT molecular complexity index is 410. The second-order valence-electron chi connectivity index (χ2n) is 4.15. The molecule has 18 heavy (non-hydrogen) atoms. The molecule has 1 aromatic rings. The van der Waals surface area contributed by atoms with Crippen LogP contribution in [0.1, 0.15) is 29.4 Å². The zero-order valence-electron chi connectivity index (χ0n) is 10.7. The summed E-state index contributed by atoms with van der Waals surface area (Å²) in [4.78, 5) is 11.7. The Morgan fingerprint density at radius 3 is 3.17 bits per heavy atom. The highest BCUT2D eigenvalue weighted by Gasteiger charge is 2.21. The first-order chi connectivity index (χ1) is 8.72. The van der Waals surface area contributed by atoms with Crippen LogP contribution in [-0.2, 0) is 27.9 Å². The maximum atomic E-state index is 11.7. The molecule has 6 heteroatoms. The summed E-state index contributed by atoms with van der Waals surface area (Å²) >= 11 is 0. The molecule has 0 aromatic carbocycles. The van der Waals surface area contributed by atoms with E-state index in [9.17, 15) is 4.79 Å². The average molecular weight is 254 g/mol. The second kappa shape index (κ2) is 5.97. The smallest absolute Gasteiger partial charge is 0.341 e. The van der Waals surface area contributed by atoms with Crippen molar-refractivity contribution in [1.82, 2.24) is 9.78 Å². The van der Waals surface area contributed by atoms with Crippen LogP contribution in [0.5, 0.6) is 0 Å². The molecule has 0 saturated carbocycles. The molecule has 6 nitrogen and oxygen atoms in total. The van der Waals surface area contributed by atoms with Crippen molar-refractivity contribution in [1.29, 1.82) is 0 Å². The summed E-state index contributed by atoms with van der Waals surface area (Å²) < 4.78 is 17.6. The Balaban J connectivity index is 2.01. The number of hydrogen-bond donors (Lipinski definition) is 0. The number of aromatic nitrogens is 2. The fourth-order valence-electron chi connectivity index (χ4n) is 1.85. The lowest BCUT2D eigenvalue weighted by molar-refractivity contribution is 0.0272. The van der Waals surface area contributed by atoms with Gasteiger partial charge in [0.2, 0.25) is 0 Å². The molecule has 0 aliphatic carbocycles. The van der Waals surface area contributed by atoms with Crippen LogP contribution < -0.4 is 0 Å². The van der Waals surface area contributed by atoms with Crippen molar-refractivity contribution < 1.29 is 19.0 Å². The summed E-state index contributed by atoms with van der Waals surface area (Å²) in [5, 5.41) is 4.07. The van der Waals surface area contributed by atoms with Crippen molar-refractivity contribution in [3.05, 3.63) is 17.5 Å². The summed E-state index contributed by atoms with van der Waals surface area (Å²) in [6.45, 7) is 3.83. The third kappa shape index (κ3) is 2.88. The monoisotopic (exact) mass is 254 g/mol. The predicted molar refractivity (Wildman–Crippen MR) is 63.2 cm³/mol. The fourth-order valence-corrected chi connectivity index (χ4v) is 1.85. The molecule has 1 aliphatic rings. The van der Waals surface area contributed by atoms with E-state index in [4.69, 9.17) is 14.2 Å². The Morgan fingerprint density at radius 2 is 2.50 bits per heavy atom. The van der Waals surface area contributed by atoms with E-state index in [0.29, 0.717) is 25.4 Å². The zero-order valence-corrected chi connectivity index (χ0v) is 10.7. The molecule has 1 fully saturated rings. The normalized spacial score (nSPS) is 19.1. The summed E-state index contributed by atoms with van der Waals surface area (Å²) in [6, 6.07) is 0. The van der Waals surface area contributed by atoms with E-state index in [1.165, 1.54) is 6.20 Å². The third-order valence-corrected chi connectivity index (χ3v) is 2.90. The maximum absolute atomic E-state index is 11.7. The van der Waals surface area contributed by atoms with Crippen molar-refractivity contribution in [2.24, 2.45) is 7.05 Å². The van der Waals surface area contributed by atoms with Gasteiger partial charge >= 0.3 is 5.97 Å².